The first-order valence-electron chi connectivity index (χ1n) is 6.22. The Morgan fingerprint density at radius 1 is 1.50 bits per heavy atom. The Bertz CT molecular complexity index is 416. The summed E-state index contributed by atoms with van der Waals surface area (Å²) >= 11 is 0. The van der Waals surface area contributed by atoms with Crippen LogP contribution in [-0.2, 0) is 9.53 Å². The number of hydrogen-bond acceptors (Lipinski definition) is 4. The zero-order chi connectivity index (χ0) is 13.0. The van der Waals surface area contributed by atoms with Gasteiger partial charge in [0.1, 0.15) is 0 Å². The van der Waals surface area contributed by atoms with Gasteiger partial charge in [0.2, 0.25) is 5.91 Å². The third kappa shape index (κ3) is 3.27. The first-order chi connectivity index (χ1) is 8.66. The molecule has 1 aromatic rings. The average molecular weight is 249 g/mol. The first kappa shape index (κ1) is 13.0. The highest BCUT2D eigenvalue weighted by Crippen LogP contribution is 2.10. The van der Waals surface area contributed by atoms with Gasteiger partial charge in [0.15, 0.2) is 0 Å². The van der Waals surface area contributed by atoms with E-state index < -0.39 is 0 Å². The van der Waals surface area contributed by atoms with Gasteiger partial charge in [-0.15, -0.1) is 0 Å². The van der Waals surface area contributed by atoms with Crippen LogP contribution in [0.4, 0.5) is 5.69 Å². The minimum Gasteiger partial charge on any atom is -0.379 e. The summed E-state index contributed by atoms with van der Waals surface area (Å²) in [6, 6.07) is 3.53. The van der Waals surface area contributed by atoms with Crippen LogP contribution in [0.15, 0.2) is 18.3 Å². The van der Waals surface area contributed by atoms with Gasteiger partial charge in [0.25, 0.3) is 0 Å². The molecule has 0 saturated carbocycles. The number of ether oxygens (including phenoxy) is 1. The molecule has 1 amide bonds. The monoisotopic (exact) mass is 249 g/mol. The van der Waals surface area contributed by atoms with Crippen molar-refractivity contribution in [3.05, 3.63) is 24.0 Å². The summed E-state index contributed by atoms with van der Waals surface area (Å²) in [6.45, 7) is 6.85. The standard InChI is InChI=1S/C13H19N3O2/c1-10-9-12(3-4-14-10)15-13(17)11(2)16-5-7-18-8-6-16/h3-4,9,11H,5-8H2,1-2H3,(H,14,15,17). The van der Waals surface area contributed by atoms with E-state index in [1.165, 1.54) is 0 Å². The minimum absolute atomic E-state index is 0.0162. The normalized spacial score (nSPS) is 18.3. The number of rotatable bonds is 3. The summed E-state index contributed by atoms with van der Waals surface area (Å²) < 4.78 is 5.28. The Morgan fingerprint density at radius 2 is 2.22 bits per heavy atom. The predicted octanol–water partition coefficient (Wildman–Crippen LogP) is 1.05. The summed E-state index contributed by atoms with van der Waals surface area (Å²) in [5, 5.41) is 2.92. The molecule has 0 aliphatic carbocycles. The van der Waals surface area contributed by atoms with Crippen molar-refractivity contribution in [2.45, 2.75) is 19.9 Å². The number of nitrogens with one attached hydrogen (secondary N) is 1. The van der Waals surface area contributed by atoms with E-state index in [9.17, 15) is 4.79 Å². The van der Waals surface area contributed by atoms with Crippen molar-refractivity contribution in [3.63, 3.8) is 0 Å². The van der Waals surface area contributed by atoms with Gasteiger partial charge in [-0.25, -0.2) is 0 Å². The molecule has 1 fully saturated rings. The maximum absolute atomic E-state index is 12.1. The first-order valence-corrected chi connectivity index (χ1v) is 6.22. The fraction of sp³-hybridized carbons (Fsp3) is 0.538. The van der Waals surface area contributed by atoms with Crippen LogP contribution >= 0.6 is 0 Å². The number of anilines is 1. The summed E-state index contributed by atoms with van der Waals surface area (Å²) in [6.07, 6.45) is 1.70. The SMILES string of the molecule is Cc1cc(NC(=O)C(C)N2CCOCC2)ccn1. The second kappa shape index (κ2) is 5.93. The van der Waals surface area contributed by atoms with E-state index in [4.69, 9.17) is 4.74 Å². The van der Waals surface area contributed by atoms with E-state index in [0.717, 1.165) is 24.5 Å². The molecule has 1 aliphatic heterocycles. The molecule has 1 unspecified atom stereocenters. The topological polar surface area (TPSA) is 54.5 Å². The molecule has 0 spiro atoms. The van der Waals surface area contributed by atoms with Gasteiger partial charge in [0.05, 0.1) is 19.3 Å². The van der Waals surface area contributed by atoms with Crippen molar-refractivity contribution in [2.75, 3.05) is 31.6 Å². The molecule has 5 nitrogen and oxygen atoms in total. The van der Waals surface area contributed by atoms with Crippen LogP contribution in [0.25, 0.3) is 0 Å². The van der Waals surface area contributed by atoms with Gasteiger partial charge in [-0.3, -0.25) is 14.7 Å². The van der Waals surface area contributed by atoms with Crippen molar-refractivity contribution >= 4 is 11.6 Å². The quantitative estimate of drug-likeness (QED) is 0.870. The highest BCUT2D eigenvalue weighted by Gasteiger charge is 2.23. The van der Waals surface area contributed by atoms with Crippen LogP contribution in [0.5, 0.6) is 0 Å². The van der Waals surface area contributed by atoms with E-state index in [1.54, 1.807) is 12.3 Å². The number of nitrogens with zero attached hydrogens (tertiary/aromatic N) is 2. The molecule has 98 valence electrons. The Balaban J connectivity index is 1.94. The molecule has 1 N–H and O–H groups in total. The second-order valence-electron chi connectivity index (χ2n) is 4.50. The number of aryl methyl sites for hydroxylation is 1. The van der Waals surface area contributed by atoms with E-state index in [2.05, 4.69) is 15.2 Å². The van der Waals surface area contributed by atoms with E-state index >= 15 is 0 Å². The third-order valence-corrected chi connectivity index (χ3v) is 3.14. The lowest BCUT2D eigenvalue weighted by atomic mass is 10.2. The van der Waals surface area contributed by atoms with Crippen LogP contribution in [0.2, 0.25) is 0 Å². The molecule has 1 atom stereocenters. The number of carbonyl (C=O) groups is 1. The van der Waals surface area contributed by atoms with E-state index in [1.807, 2.05) is 19.9 Å². The molecule has 1 aromatic heterocycles. The largest absolute Gasteiger partial charge is 0.379 e. The lowest BCUT2D eigenvalue weighted by Crippen LogP contribution is -2.47. The van der Waals surface area contributed by atoms with Crippen LogP contribution in [-0.4, -0.2) is 48.1 Å². The van der Waals surface area contributed by atoms with Gasteiger partial charge in [0, 0.05) is 30.7 Å². The molecular weight excluding hydrogens is 230 g/mol. The highest BCUT2D eigenvalue weighted by atomic mass is 16.5. The Hall–Kier alpha value is -1.46. The molecule has 1 saturated heterocycles. The zero-order valence-electron chi connectivity index (χ0n) is 10.8. The zero-order valence-corrected chi connectivity index (χ0v) is 10.8. The molecule has 18 heavy (non-hydrogen) atoms. The maximum Gasteiger partial charge on any atom is 0.241 e. The van der Waals surface area contributed by atoms with Gasteiger partial charge in [-0.05, 0) is 26.0 Å². The maximum atomic E-state index is 12.1. The Kier molecular flexibility index (Phi) is 4.28. The van der Waals surface area contributed by atoms with Crippen molar-refractivity contribution in [1.29, 1.82) is 0 Å². The number of carbonyl (C=O) groups excluding carboxylic acids is 1. The second-order valence-corrected chi connectivity index (χ2v) is 4.50. The number of morpholine rings is 1. The molecule has 5 heteroatoms. The van der Waals surface area contributed by atoms with Crippen molar-refractivity contribution < 1.29 is 9.53 Å². The number of aromatic nitrogens is 1. The average Bonchev–Trinajstić information content (AvgIpc) is 2.39. The Morgan fingerprint density at radius 3 is 2.89 bits per heavy atom. The molecule has 1 aliphatic rings. The van der Waals surface area contributed by atoms with Crippen LogP contribution in [0.1, 0.15) is 12.6 Å². The van der Waals surface area contributed by atoms with Gasteiger partial charge >= 0.3 is 0 Å². The van der Waals surface area contributed by atoms with Crippen molar-refractivity contribution in [3.8, 4) is 0 Å². The third-order valence-electron chi connectivity index (χ3n) is 3.14. The molecule has 0 bridgehead atoms. The van der Waals surface area contributed by atoms with Crippen LogP contribution in [0.3, 0.4) is 0 Å². The lowest BCUT2D eigenvalue weighted by molar-refractivity contribution is -0.122. The molecule has 2 rings (SSSR count). The van der Waals surface area contributed by atoms with Crippen LogP contribution in [0, 0.1) is 6.92 Å². The van der Waals surface area contributed by atoms with E-state index in [0.29, 0.717) is 13.2 Å². The van der Waals surface area contributed by atoms with Gasteiger partial charge < -0.3 is 10.1 Å². The summed E-state index contributed by atoms with van der Waals surface area (Å²) in [5.74, 6) is 0.0162. The fourth-order valence-corrected chi connectivity index (χ4v) is 2.00. The van der Waals surface area contributed by atoms with E-state index in [-0.39, 0.29) is 11.9 Å². The fourth-order valence-electron chi connectivity index (χ4n) is 2.00. The summed E-state index contributed by atoms with van der Waals surface area (Å²) in [7, 11) is 0. The number of pyridine rings is 1. The van der Waals surface area contributed by atoms with Crippen molar-refractivity contribution in [2.24, 2.45) is 0 Å². The molecular formula is C13H19N3O2. The lowest BCUT2D eigenvalue weighted by Gasteiger charge is -2.31. The summed E-state index contributed by atoms with van der Waals surface area (Å²) in [5.41, 5.74) is 1.69. The van der Waals surface area contributed by atoms with Gasteiger partial charge in [-0.2, -0.15) is 0 Å². The van der Waals surface area contributed by atoms with Crippen molar-refractivity contribution in [1.82, 2.24) is 9.88 Å². The molecule has 0 radical (unpaired) electrons. The van der Waals surface area contributed by atoms with Crippen LogP contribution < -0.4 is 5.32 Å². The molecule has 0 aromatic carbocycles. The number of hydrogen-bond donors (Lipinski definition) is 1. The predicted molar refractivity (Wildman–Crippen MR) is 69.5 cm³/mol. The van der Waals surface area contributed by atoms with Gasteiger partial charge in [-0.1, -0.05) is 0 Å². The smallest absolute Gasteiger partial charge is 0.241 e. The highest BCUT2D eigenvalue weighted by molar-refractivity contribution is 5.94. The Labute approximate surface area is 107 Å². The molecule has 2 heterocycles. The number of amides is 1. The summed E-state index contributed by atoms with van der Waals surface area (Å²) in [4.78, 5) is 18.3. The minimum atomic E-state index is -0.137.